The number of nitrogens with zero attached hydrogens (tertiary/aromatic N) is 1. The molecule has 206 valence electrons. The summed E-state index contributed by atoms with van der Waals surface area (Å²) in [5.41, 5.74) is 4.66. The van der Waals surface area contributed by atoms with Gasteiger partial charge in [-0.25, -0.2) is 5.43 Å². The van der Waals surface area contributed by atoms with Crippen molar-refractivity contribution in [2.75, 3.05) is 6.61 Å². The van der Waals surface area contributed by atoms with E-state index in [-0.39, 0.29) is 11.8 Å². The first-order chi connectivity index (χ1) is 18.7. The fourth-order valence-corrected chi connectivity index (χ4v) is 4.56. The Kier molecular flexibility index (Phi) is 11.8. The van der Waals surface area contributed by atoms with Gasteiger partial charge in [-0.3, -0.25) is 9.59 Å². The first-order valence-corrected chi connectivity index (χ1v) is 14.4. The molecule has 0 aliphatic carbocycles. The molecule has 0 fully saturated rings. The van der Waals surface area contributed by atoms with E-state index in [4.69, 9.17) is 21.1 Å². The minimum absolute atomic E-state index is 0.171. The lowest BCUT2D eigenvalue weighted by Crippen LogP contribution is -2.46. The maximum Gasteiger partial charge on any atom is 0.262 e. The normalized spacial score (nSPS) is 11.9. The lowest BCUT2D eigenvalue weighted by molar-refractivity contribution is -0.123. The Bertz CT molecular complexity index is 1300. The number of nitrogens with one attached hydrogen (secondary N) is 2. The number of rotatable bonds is 12. The molecule has 1 atom stereocenters. The molecule has 0 bridgehead atoms. The third-order valence-corrected chi connectivity index (χ3v) is 6.82. The molecule has 0 spiro atoms. The van der Waals surface area contributed by atoms with Crippen LogP contribution in [0.5, 0.6) is 11.5 Å². The Hall–Kier alpha value is -2.88. The summed E-state index contributed by atoms with van der Waals surface area (Å²) in [6, 6.07) is 17.2. The van der Waals surface area contributed by atoms with Crippen molar-refractivity contribution >= 4 is 61.5 Å². The molecule has 39 heavy (non-hydrogen) atoms. The monoisotopic (exact) mass is 677 g/mol. The summed E-state index contributed by atoms with van der Waals surface area (Å²) in [6.45, 7) is 6.66. The summed E-state index contributed by atoms with van der Waals surface area (Å²) in [7, 11) is 0. The SMILES string of the molecule is CCOc1cc(C=NNC(=O)C(CC(C)C)NC(=O)c2ccc(Cl)cc2)cc(Br)c1OCc1ccc(Br)cc1. The lowest BCUT2D eigenvalue weighted by Gasteiger charge is -2.19. The van der Waals surface area contributed by atoms with Gasteiger partial charge in [-0.2, -0.15) is 5.10 Å². The summed E-state index contributed by atoms with van der Waals surface area (Å²) in [4.78, 5) is 25.6. The van der Waals surface area contributed by atoms with Crippen LogP contribution in [0.1, 0.15) is 48.7 Å². The maximum absolute atomic E-state index is 12.9. The fourth-order valence-electron chi connectivity index (χ4n) is 3.60. The van der Waals surface area contributed by atoms with Crippen molar-refractivity contribution in [2.24, 2.45) is 11.0 Å². The zero-order valence-electron chi connectivity index (χ0n) is 21.8. The number of carbonyl (C=O) groups excluding carboxylic acids is 2. The second-order valence-corrected chi connectivity index (χ2v) is 11.3. The van der Waals surface area contributed by atoms with Crippen molar-refractivity contribution in [3.63, 3.8) is 0 Å². The smallest absolute Gasteiger partial charge is 0.262 e. The molecule has 7 nitrogen and oxygen atoms in total. The van der Waals surface area contributed by atoms with Crippen LogP contribution in [0.25, 0.3) is 0 Å². The third-order valence-electron chi connectivity index (χ3n) is 5.45. The number of carbonyl (C=O) groups is 2. The number of ether oxygens (including phenoxy) is 2. The van der Waals surface area contributed by atoms with Gasteiger partial charge >= 0.3 is 0 Å². The predicted octanol–water partition coefficient (Wildman–Crippen LogP) is 7.14. The standard InChI is InChI=1S/C29H30Br2ClN3O4/c1-4-38-26-15-20(14-24(31)27(26)39-17-19-5-9-22(30)10-6-19)16-33-35-29(37)25(13-18(2)3)34-28(36)21-7-11-23(32)12-8-21/h5-12,14-16,18,25H,4,13,17H2,1-3H3,(H,34,36)(H,35,37). The lowest BCUT2D eigenvalue weighted by atomic mass is 10.0. The van der Waals surface area contributed by atoms with E-state index in [0.29, 0.717) is 51.8 Å². The van der Waals surface area contributed by atoms with Gasteiger partial charge in [-0.1, -0.05) is 53.5 Å². The first kappa shape index (κ1) is 30.7. The van der Waals surface area contributed by atoms with E-state index in [1.807, 2.05) is 51.1 Å². The van der Waals surface area contributed by atoms with Gasteiger partial charge in [-0.15, -0.1) is 0 Å². The molecule has 0 aromatic heterocycles. The molecule has 3 aromatic rings. The van der Waals surface area contributed by atoms with E-state index in [1.165, 1.54) is 6.21 Å². The average Bonchev–Trinajstić information content (AvgIpc) is 2.89. The molecular weight excluding hydrogens is 650 g/mol. The molecule has 0 saturated heterocycles. The molecule has 10 heteroatoms. The van der Waals surface area contributed by atoms with Crippen LogP contribution in [0.15, 0.2) is 74.7 Å². The average molecular weight is 680 g/mol. The molecule has 2 N–H and O–H groups in total. The van der Waals surface area contributed by atoms with Crippen molar-refractivity contribution in [2.45, 2.75) is 39.8 Å². The zero-order valence-corrected chi connectivity index (χ0v) is 25.8. The van der Waals surface area contributed by atoms with Crippen LogP contribution < -0.4 is 20.2 Å². The topological polar surface area (TPSA) is 89.0 Å². The van der Waals surface area contributed by atoms with E-state index in [1.54, 1.807) is 30.3 Å². The molecule has 1 unspecified atom stereocenters. The van der Waals surface area contributed by atoms with Gasteiger partial charge in [-0.05, 0) is 94.9 Å². The summed E-state index contributed by atoms with van der Waals surface area (Å²) in [6.07, 6.45) is 1.96. The Balaban J connectivity index is 1.68. The minimum atomic E-state index is -0.759. The van der Waals surface area contributed by atoms with Gasteiger partial charge in [0.15, 0.2) is 11.5 Å². The number of benzene rings is 3. The van der Waals surface area contributed by atoms with E-state index >= 15 is 0 Å². The van der Waals surface area contributed by atoms with Gasteiger partial charge in [0.2, 0.25) is 0 Å². The van der Waals surface area contributed by atoms with Crippen LogP contribution >= 0.6 is 43.5 Å². The van der Waals surface area contributed by atoms with Crippen LogP contribution in [0, 0.1) is 5.92 Å². The van der Waals surface area contributed by atoms with Crippen molar-refractivity contribution < 1.29 is 19.1 Å². The van der Waals surface area contributed by atoms with Crippen molar-refractivity contribution in [1.82, 2.24) is 10.7 Å². The second-order valence-electron chi connectivity index (χ2n) is 9.07. The van der Waals surface area contributed by atoms with E-state index < -0.39 is 11.9 Å². The largest absolute Gasteiger partial charge is 0.490 e. The molecule has 0 saturated carbocycles. The van der Waals surface area contributed by atoms with E-state index in [9.17, 15) is 9.59 Å². The van der Waals surface area contributed by atoms with Gasteiger partial charge in [0.1, 0.15) is 12.6 Å². The highest BCUT2D eigenvalue weighted by Crippen LogP contribution is 2.37. The zero-order chi connectivity index (χ0) is 28.4. The number of halogens is 3. The summed E-state index contributed by atoms with van der Waals surface area (Å²) in [5, 5.41) is 7.44. The Morgan fingerprint density at radius 1 is 1.03 bits per heavy atom. The number of hydrogen-bond acceptors (Lipinski definition) is 5. The van der Waals surface area contributed by atoms with Gasteiger partial charge in [0.05, 0.1) is 17.3 Å². The molecular formula is C29H30Br2ClN3O4. The molecule has 0 aliphatic heterocycles. The van der Waals surface area contributed by atoms with Gasteiger partial charge in [0, 0.05) is 15.1 Å². The molecule has 0 radical (unpaired) electrons. The molecule has 3 aromatic carbocycles. The Morgan fingerprint density at radius 3 is 2.36 bits per heavy atom. The minimum Gasteiger partial charge on any atom is -0.490 e. The van der Waals surface area contributed by atoms with Crippen LogP contribution in [-0.2, 0) is 11.4 Å². The van der Waals surface area contributed by atoms with Crippen molar-refractivity contribution in [3.05, 3.63) is 91.3 Å². The summed E-state index contributed by atoms with van der Waals surface area (Å²) >= 11 is 12.9. The van der Waals surface area contributed by atoms with Gasteiger partial charge < -0.3 is 14.8 Å². The number of hydrazone groups is 1. The van der Waals surface area contributed by atoms with Crippen LogP contribution in [-0.4, -0.2) is 30.7 Å². The van der Waals surface area contributed by atoms with Gasteiger partial charge in [0.25, 0.3) is 11.8 Å². The quantitative estimate of drug-likeness (QED) is 0.157. The maximum atomic E-state index is 12.9. The molecule has 3 rings (SSSR count). The number of amides is 2. The predicted molar refractivity (Wildman–Crippen MR) is 162 cm³/mol. The van der Waals surface area contributed by atoms with E-state index in [2.05, 4.69) is 47.7 Å². The van der Waals surface area contributed by atoms with Crippen LogP contribution in [0.3, 0.4) is 0 Å². The summed E-state index contributed by atoms with van der Waals surface area (Å²) in [5.74, 6) is 0.513. The second kappa shape index (κ2) is 15.1. The molecule has 0 heterocycles. The first-order valence-electron chi connectivity index (χ1n) is 12.4. The Morgan fingerprint density at radius 2 is 1.72 bits per heavy atom. The van der Waals surface area contributed by atoms with Crippen molar-refractivity contribution in [3.8, 4) is 11.5 Å². The van der Waals surface area contributed by atoms with Crippen molar-refractivity contribution in [1.29, 1.82) is 0 Å². The van der Waals surface area contributed by atoms with E-state index in [0.717, 1.165) is 10.0 Å². The van der Waals surface area contributed by atoms with Crippen LogP contribution in [0.2, 0.25) is 5.02 Å². The molecule has 2 amide bonds. The number of hydrogen-bond donors (Lipinski definition) is 2. The molecule has 0 aliphatic rings. The highest BCUT2D eigenvalue weighted by molar-refractivity contribution is 9.10. The third kappa shape index (κ3) is 9.67. The highest BCUT2D eigenvalue weighted by Gasteiger charge is 2.22. The highest BCUT2D eigenvalue weighted by atomic mass is 79.9. The fraction of sp³-hybridized carbons (Fsp3) is 0.276. The van der Waals surface area contributed by atoms with Crippen LogP contribution in [0.4, 0.5) is 0 Å². The summed E-state index contributed by atoms with van der Waals surface area (Å²) < 4.78 is 13.5. The Labute approximate surface area is 250 Å².